The molecule has 4 aromatic rings. The van der Waals surface area contributed by atoms with Crippen molar-refractivity contribution in [3.05, 3.63) is 108 Å². The summed E-state index contributed by atoms with van der Waals surface area (Å²) in [5.41, 5.74) is 4.81. The molecule has 0 fully saturated rings. The minimum Gasteiger partial charge on any atom is -0.376 e. The van der Waals surface area contributed by atoms with Gasteiger partial charge in [-0.3, -0.25) is 9.69 Å². The lowest BCUT2D eigenvalue weighted by atomic mass is 10.00. The molecule has 0 radical (unpaired) electrons. The van der Waals surface area contributed by atoms with Crippen LogP contribution < -0.4 is 10.2 Å². The van der Waals surface area contributed by atoms with Crippen LogP contribution in [0.2, 0.25) is 0 Å². The van der Waals surface area contributed by atoms with E-state index in [0.717, 1.165) is 40.2 Å². The second-order valence-electron chi connectivity index (χ2n) is 8.92. The van der Waals surface area contributed by atoms with Crippen molar-refractivity contribution in [2.45, 2.75) is 32.4 Å². The molecule has 0 aliphatic carbocycles. The minimum atomic E-state index is -0.222. The molecule has 2 atom stereocenters. The first-order valence-electron chi connectivity index (χ1n) is 11.5. The fourth-order valence-electron chi connectivity index (χ4n) is 4.55. The predicted molar refractivity (Wildman–Crippen MR) is 133 cm³/mol. The van der Waals surface area contributed by atoms with Crippen LogP contribution in [0.25, 0.3) is 11.0 Å². The van der Waals surface area contributed by atoms with Gasteiger partial charge in [-0.15, -0.1) is 0 Å². The molecule has 2 heterocycles. The normalized spacial score (nSPS) is 16.9. The highest BCUT2D eigenvalue weighted by atomic mass is 16.2. The third-order valence-corrected chi connectivity index (χ3v) is 6.00. The van der Waals surface area contributed by atoms with Crippen LogP contribution in [0.1, 0.15) is 43.7 Å². The Morgan fingerprint density at radius 3 is 2.30 bits per heavy atom. The molecule has 1 aromatic heterocycles. The van der Waals surface area contributed by atoms with Crippen LogP contribution in [0, 0.1) is 5.92 Å². The Hall–Kier alpha value is -3.86. The molecule has 0 saturated carbocycles. The molecule has 1 aliphatic rings. The van der Waals surface area contributed by atoms with Crippen molar-refractivity contribution in [2.75, 3.05) is 4.90 Å². The molecule has 1 amide bonds. The quantitative estimate of drug-likeness (QED) is 0.378. The maximum atomic E-state index is 13.2. The third-order valence-electron chi connectivity index (χ3n) is 6.00. The van der Waals surface area contributed by atoms with Gasteiger partial charge in [-0.25, -0.2) is 4.98 Å². The first kappa shape index (κ1) is 21.0. The van der Waals surface area contributed by atoms with Gasteiger partial charge in [0, 0.05) is 17.5 Å². The first-order chi connectivity index (χ1) is 16.1. The zero-order valence-corrected chi connectivity index (χ0v) is 18.9. The van der Waals surface area contributed by atoms with Gasteiger partial charge in [0.1, 0.15) is 11.9 Å². The zero-order valence-electron chi connectivity index (χ0n) is 18.9. The molecule has 166 valence electrons. The van der Waals surface area contributed by atoms with Crippen LogP contribution in [0.15, 0.2) is 96.7 Å². The van der Waals surface area contributed by atoms with Crippen molar-refractivity contribution in [3.63, 3.8) is 0 Å². The zero-order chi connectivity index (χ0) is 22.8. The molecule has 0 saturated heterocycles. The van der Waals surface area contributed by atoms with Crippen LogP contribution in [0.4, 0.5) is 5.69 Å². The number of para-hydroxylation sites is 3. The van der Waals surface area contributed by atoms with Gasteiger partial charge < -0.3 is 10.3 Å². The number of fused-ring (bicyclic) bond motifs is 1. The summed E-state index contributed by atoms with van der Waals surface area (Å²) >= 11 is 0. The molecular weight excluding hydrogens is 408 g/mol. The van der Waals surface area contributed by atoms with Crippen LogP contribution >= 0.6 is 0 Å². The Kier molecular flexibility index (Phi) is 5.69. The second-order valence-corrected chi connectivity index (χ2v) is 8.92. The van der Waals surface area contributed by atoms with E-state index >= 15 is 0 Å². The SMILES string of the molecule is CC(C)CC(NC1=CC(=O)N(c2ccccc2)C1c1ccccc1)c1nc2ccccc2[nH]1. The molecule has 1 aliphatic heterocycles. The minimum absolute atomic E-state index is 0.0227. The maximum Gasteiger partial charge on any atom is 0.253 e. The summed E-state index contributed by atoms with van der Waals surface area (Å²) in [7, 11) is 0. The number of nitrogens with one attached hydrogen (secondary N) is 2. The summed E-state index contributed by atoms with van der Waals surface area (Å²) < 4.78 is 0. The van der Waals surface area contributed by atoms with Crippen LogP contribution in [0.5, 0.6) is 0 Å². The highest BCUT2D eigenvalue weighted by molar-refractivity contribution is 6.06. The van der Waals surface area contributed by atoms with E-state index in [-0.39, 0.29) is 18.0 Å². The van der Waals surface area contributed by atoms with Gasteiger partial charge in [0.2, 0.25) is 0 Å². The number of carbonyl (C=O) groups excluding carboxylic acids is 1. The summed E-state index contributed by atoms with van der Waals surface area (Å²) in [4.78, 5) is 23.4. The molecule has 2 N–H and O–H groups in total. The van der Waals surface area contributed by atoms with E-state index in [9.17, 15) is 4.79 Å². The van der Waals surface area contributed by atoms with Crippen LogP contribution in [0.3, 0.4) is 0 Å². The van der Waals surface area contributed by atoms with Gasteiger partial charge in [0.25, 0.3) is 5.91 Å². The van der Waals surface area contributed by atoms with Gasteiger partial charge >= 0.3 is 0 Å². The van der Waals surface area contributed by atoms with Gasteiger partial charge in [-0.2, -0.15) is 0 Å². The number of H-pyrrole nitrogens is 1. The van der Waals surface area contributed by atoms with E-state index in [4.69, 9.17) is 4.98 Å². The Labute approximate surface area is 194 Å². The number of anilines is 1. The highest BCUT2D eigenvalue weighted by Crippen LogP contribution is 2.38. The Balaban J connectivity index is 1.53. The van der Waals surface area contributed by atoms with Crippen molar-refractivity contribution in [1.82, 2.24) is 15.3 Å². The average Bonchev–Trinajstić information content (AvgIpc) is 3.40. The Morgan fingerprint density at radius 1 is 0.939 bits per heavy atom. The monoisotopic (exact) mass is 436 g/mol. The lowest BCUT2D eigenvalue weighted by Crippen LogP contribution is -2.33. The van der Waals surface area contributed by atoms with Crippen molar-refractivity contribution in [2.24, 2.45) is 5.92 Å². The number of nitrogens with zero attached hydrogens (tertiary/aromatic N) is 2. The van der Waals surface area contributed by atoms with E-state index in [1.54, 1.807) is 6.08 Å². The van der Waals surface area contributed by atoms with Crippen molar-refractivity contribution >= 4 is 22.6 Å². The van der Waals surface area contributed by atoms with E-state index in [2.05, 4.69) is 36.3 Å². The fraction of sp³-hybridized carbons (Fsp3) is 0.214. The number of hydrogen-bond donors (Lipinski definition) is 2. The number of amides is 1. The molecule has 3 aromatic carbocycles. The van der Waals surface area contributed by atoms with E-state index in [0.29, 0.717) is 5.92 Å². The lowest BCUT2D eigenvalue weighted by molar-refractivity contribution is -0.113. The van der Waals surface area contributed by atoms with E-state index in [1.165, 1.54) is 0 Å². The predicted octanol–water partition coefficient (Wildman–Crippen LogP) is 5.91. The Morgan fingerprint density at radius 2 is 1.61 bits per heavy atom. The largest absolute Gasteiger partial charge is 0.376 e. The maximum absolute atomic E-state index is 13.2. The summed E-state index contributed by atoms with van der Waals surface area (Å²) in [5.74, 6) is 1.32. The second kappa shape index (κ2) is 8.94. The summed E-state index contributed by atoms with van der Waals surface area (Å²) in [6.45, 7) is 4.41. The molecule has 5 heteroatoms. The van der Waals surface area contributed by atoms with Crippen molar-refractivity contribution in [3.8, 4) is 0 Å². The number of aromatic nitrogens is 2. The molecule has 33 heavy (non-hydrogen) atoms. The summed E-state index contributed by atoms with van der Waals surface area (Å²) in [6.07, 6.45) is 2.62. The van der Waals surface area contributed by atoms with Crippen molar-refractivity contribution in [1.29, 1.82) is 0 Å². The number of benzene rings is 3. The van der Waals surface area contributed by atoms with Crippen LogP contribution in [-0.2, 0) is 4.79 Å². The topological polar surface area (TPSA) is 61.0 Å². The third kappa shape index (κ3) is 4.27. The summed E-state index contributed by atoms with van der Waals surface area (Å²) in [5, 5.41) is 3.71. The highest BCUT2D eigenvalue weighted by Gasteiger charge is 2.36. The average molecular weight is 437 g/mol. The van der Waals surface area contributed by atoms with Gasteiger partial charge in [-0.05, 0) is 42.2 Å². The van der Waals surface area contributed by atoms with Gasteiger partial charge in [0.15, 0.2) is 0 Å². The van der Waals surface area contributed by atoms with E-state index < -0.39 is 0 Å². The molecule has 0 spiro atoms. The van der Waals surface area contributed by atoms with Gasteiger partial charge in [0.05, 0.1) is 17.1 Å². The molecular formula is C28H28N4O. The fourth-order valence-corrected chi connectivity index (χ4v) is 4.55. The van der Waals surface area contributed by atoms with Crippen LogP contribution in [-0.4, -0.2) is 15.9 Å². The molecule has 0 bridgehead atoms. The molecule has 5 rings (SSSR count). The Bertz CT molecular complexity index is 1240. The van der Waals surface area contributed by atoms with Crippen molar-refractivity contribution < 1.29 is 4.79 Å². The number of carbonyl (C=O) groups is 1. The lowest BCUT2D eigenvalue weighted by Gasteiger charge is -2.30. The number of rotatable bonds is 7. The summed E-state index contributed by atoms with van der Waals surface area (Å²) in [6, 6.07) is 27.9. The number of hydrogen-bond acceptors (Lipinski definition) is 3. The van der Waals surface area contributed by atoms with E-state index in [1.807, 2.05) is 77.7 Å². The first-order valence-corrected chi connectivity index (χ1v) is 11.5. The van der Waals surface area contributed by atoms with Gasteiger partial charge in [-0.1, -0.05) is 74.5 Å². The standard InChI is InChI=1S/C28H28N4O/c1-19(2)17-25(28-30-22-15-9-10-16-23(22)31-28)29-24-18-26(33)32(21-13-7-4-8-14-21)27(24)20-11-5-3-6-12-20/h3-16,18-19,25,27,29H,17H2,1-2H3,(H,30,31). The molecule has 5 nitrogen and oxygen atoms in total. The number of imidazole rings is 1. The number of aromatic amines is 1. The molecule has 2 unspecified atom stereocenters. The smallest absolute Gasteiger partial charge is 0.253 e.